The number of nitrogens with one attached hydrogen (secondary N) is 1. The van der Waals surface area contributed by atoms with Gasteiger partial charge in [0, 0.05) is 4.90 Å². The second-order valence-electron chi connectivity index (χ2n) is 5.55. The summed E-state index contributed by atoms with van der Waals surface area (Å²) in [6.45, 7) is 2.11. The van der Waals surface area contributed by atoms with Gasteiger partial charge in [-0.1, -0.05) is 43.3 Å². The summed E-state index contributed by atoms with van der Waals surface area (Å²) in [6.07, 6.45) is 3.27. The van der Waals surface area contributed by atoms with Gasteiger partial charge < -0.3 is 5.32 Å². The summed E-state index contributed by atoms with van der Waals surface area (Å²) >= 11 is 1.72. The molecule has 1 amide bonds. The van der Waals surface area contributed by atoms with E-state index in [-0.39, 0.29) is 11.9 Å². The van der Waals surface area contributed by atoms with Crippen LogP contribution in [0.4, 0.5) is 0 Å². The van der Waals surface area contributed by atoms with Gasteiger partial charge in [0.25, 0.3) is 5.91 Å². The van der Waals surface area contributed by atoms with Gasteiger partial charge in [-0.15, -0.1) is 11.8 Å². The van der Waals surface area contributed by atoms with E-state index in [1.165, 1.54) is 11.1 Å². The van der Waals surface area contributed by atoms with Crippen LogP contribution in [0.3, 0.4) is 0 Å². The molecule has 1 aliphatic rings. The largest absolute Gasteiger partial charge is 0.345 e. The van der Waals surface area contributed by atoms with Crippen LogP contribution in [0.2, 0.25) is 0 Å². The SMILES string of the molecule is CCSc1ccccc1C(=O)N[C@@H]1CCCc2ccccc21. The number of thioether (sulfide) groups is 1. The number of hydrogen-bond acceptors (Lipinski definition) is 2. The molecule has 0 aromatic heterocycles. The summed E-state index contributed by atoms with van der Waals surface area (Å²) in [4.78, 5) is 13.8. The first-order valence-electron chi connectivity index (χ1n) is 7.90. The molecule has 22 heavy (non-hydrogen) atoms. The van der Waals surface area contributed by atoms with Gasteiger partial charge in [-0.25, -0.2) is 0 Å². The second kappa shape index (κ2) is 7.01. The van der Waals surface area contributed by atoms with Gasteiger partial charge in [0.05, 0.1) is 11.6 Å². The Bertz CT molecular complexity index is 668. The highest BCUT2D eigenvalue weighted by Gasteiger charge is 2.22. The van der Waals surface area contributed by atoms with E-state index in [0.29, 0.717) is 0 Å². The molecule has 3 rings (SSSR count). The number of amides is 1. The molecule has 0 spiro atoms. The molecular formula is C19H21NOS. The molecule has 0 saturated carbocycles. The Labute approximate surface area is 136 Å². The lowest BCUT2D eigenvalue weighted by Gasteiger charge is -2.26. The van der Waals surface area contributed by atoms with Crippen LogP contribution in [-0.2, 0) is 6.42 Å². The predicted octanol–water partition coefficient (Wildman–Crippen LogP) is 4.61. The molecule has 0 bridgehead atoms. The summed E-state index contributed by atoms with van der Waals surface area (Å²) in [7, 11) is 0. The summed E-state index contributed by atoms with van der Waals surface area (Å²) in [6, 6.07) is 16.5. The molecule has 0 aliphatic heterocycles. The van der Waals surface area contributed by atoms with Crippen molar-refractivity contribution in [3.63, 3.8) is 0 Å². The molecule has 0 unspecified atom stereocenters. The first-order valence-corrected chi connectivity index (χ1v) is 8.88. The Morgan fingerprint density at radius 2 is 1.95 bits per heavy atom. The van der Waals surface area contributed by atoms with E-state index in [2.05, 4.69) is 36.5 Å². The van der Waals surface area contributed by atoms with Crippen LogP contribution in [0.5, 0.6) is 0 Å². The van der Waals surface area contributed by atoms with E-state index in [0.717, 1.165) is 35.5 Å². The van der Waals surface area contributed by atoms with Gasteiger partial charge in [0.2, 0.25) is 0 Å². The standard InChI is InChI=1S/C19H21NOS/c1-2-22-18-13-6-5-11-16(18)19(21)20-17-12-7-9-14-8-3-4-10-15(14)17/h3-6,8,10-11,13,17H,2,7,9,12H2,1H3,(H,20,21)/t17-/m1/s1. The van der Waals surface area contributed by atoms with Crippen LogP contribution < -0.4 is 5.32 Å². The van der Waals surface area contributed by atoms with E-state index >= 15 is 0 Å². The lowest BCUT2D eigenvalue weighted by atomic mass is 9.87. The van der Waals surface area contributed by atoms with Crippen molar-refractivity contribution in [1.29, 1.82) is 0 Å². The van der Waals surface area contributed by atoms with E-state index in [4.69, 9.17) is 0 Å². The van der Waals surface area contributed by atoms with Crippen molar-refractivity contribution in [2.24, 2.45) is 0 Å². The highest BCUT2D eigenvalue weighted by atomic mass is 32.2. The van der Waals surface area contributed by atoms with E-state index < -0.39 is 0 Å². The first-order chi connectivity index (χ1) is 10.8. The van der Waals surface area contributed by atoms with Crippen LogP contribution in [0.15, 0.2) is 53.4 Å². The van der Waals surface area contributed by atoms with Crippen molar-refractivity contribution in [3.05, 3.63) is 65.2 Å². The normalized spacial score (nSPS) is 16.9. The van der Waals surface area contributed by atoms with Gasteiger partial charge in [-0.05, 0) is 48.3 Å². The zero-order chi connectivity index (χ0) is 15.4. The Morgan fingerprint density at radius 1 is 1.18 bits per heavy atom. The fraction of sp³-hybridized carbons (Fsp3) is 0.316. The van der Waals surface area contributed by atoms with Crippen LogP contribution in [0, 0.1) is 0 Å². The third kappa shape index (κ3) is 3.20. The zero-order valence-electron chi connectivity index (χ0n) is 12.8. The maximum Gasteiger partial charge on any atom is 0.252 e. The van der Waals surface area contributed by atoms with Crippen LogP contribution in [0.1, 0.15) is 47.3 Å². The topological polar surface area (TPSA) is 29.1 Å². The molecule has 2 aromatic carbocycles. The average Bonchev–Trinajstić information content (AvgIpc) is 2.56. The Morgan fingerprint density at radius 3 is 2.82 bits per heavy atom. The molecule has 0 radical (unpaired) electrons. The predicted molar refractivity (Wildman–Crippen MR) is 92.4 cm³/mol. The monoisotopic (exact) mass is 311 g/mol. The molecule has 0 saturated heterocycles. The number of carbonyl (C=O) groups excluding carboxylic acids is 1. The number of fused-ring (bicyclic) bond motifs is 1. The van der Waals surface area contributed by atoms with E-state index in [1.54, 1.807) is 11.8 Å². The lowest BCUT2D eigenvalue weighted by Crippen LogP contribution is -2.31. The van der Waals surface area contributed by atoms with Crippen LogP contribution >= 0.6 is 11.8 Å². The van der Waals surface area contributed by atoms with Gasteiger partial charge in [-0.3, -0.25) is 4.79 Å². The lowest BCUT2D eigenvalue weighted by molar-refractivity contribution is 0.0930. The molecule has 1 aliphatic carbocycles. The molecule has 2 nitrogen and oxygen atoms in total. The zero-order valence-corrected chi connectivity index (χ0v) is 13.7. The van der Waals surface area contributed by atoms with Crippen molar-refractivity contribution in [3.8, 4) is 0 Å². The fourth-order valence-corrected chi connectivity index (χ4v) is 3.88. The maximum atomic E-state index is 12.7. The van der Waals surface area contributed by atoms with Crippen LogP contribution in [-0.4, -0.2) is 11.7 Å². The fourth-order valence-electron chi connectivity index (χ4n) is 3.08. The smallest absolute Gasteiger partial charge is 0.252 e. The highest BCUT2D eigenvalue weighted by molar-refractivity contribution is 7.99. The summed E-state index contributed by atoms with van der Waals surface area (Å²) in [5.41, 5.74) is 3.44. The Hall–Kier alpha value is -1.74. The molecular weight excluding hydrogens is 290 g/mol. The molecule has 0 heterocycles. The Balaban J connectivity index is 1.81. The molecule has 0 fully saturated rings. The van der Waals surface area contributed by atoms with Gasteiger partial charge in [0.15, 0.2) is 0 Å². The van der Waals surface area contributed by atoms with Crippen molar-refractivity contribution in [2.75, 3.05) is 5.75 Å². The number of benzene rings is 2. The molecule has 3 heteroatoms. The van der Waals surface area contributed by atoms with E-state index in [9.17, 15) is 4.79 Å². The summed E-state index contributed by atoms with van der Waals surface area (Å²) in [5.74, 6) is 1.01. The van der Waals surface area contributed by atoms with Gasteiger partial charge in [-0.2, -0.15) is 0 Å². The maximum absolute atomic E-state index is 12.7. The quantitative estimate of drug-likeness (QED) is 0.836. The van der Waals surface area contributed by atoms with Crippen molar-refractivity contribution >= 4 is 17.7 Å². The number of hydrogen-bond donors (Lipinski definition) is 1. The highest BCUT2D eigenvalue weighted by Crippen LogP contribution is 2.30. The summed E-state index contributed by atoms with van der Waals surface area (Å²) < 4.78 is 0. The molecule has 2 aromatic rings. The minimum atomic E-state index is 0.0400. The number of aryl methyl sites for hydroxylation is 1. The van der Waals surface area contributed by atoms with Gasteiger partial charge in [0.1, 0.15) is 0 Å². The van der Waals surface area contributed by atoms with E-state index in [1.807, 2.05) is 24.3 Å². The van der Waals surface area contributed by atoms with Crippen LogP contribution in [0.25, 0.3) is 0 Å². The Kier molecular flexibility index (Phi) is 4.84. The molecule has 114 valence electrons. The third-order valence-electron chi connectivity index (χ3n) is 4.11. The average molecular weight is 311 g/mol. The minimum Gasteiger partial charge on any atom is -0.345 e. The van der Waals surface area contributed by atoms with Crippen molar-refractivity contribution < 1.29 is 4.79 Å². The number of rotatable bonds is 4. The minimum absolute atomic E-state index is 0.0400. The molecule has 1 N–H and O–H groups in total. The third-order valence-corrected chi connectivity index (χ3v) is 5.06. The van der Waals surface area contributed by atoms with Crippen molar-refractivity contribution in [1.82, 2.24) is 5.32 Å². The second-order valence-corrected chi connectivity index (χ2v) is 6.85. The first kappa shape index (κ1) is 15.2. The van der Waals surface area contributed by atoms with Crippen molar-refractivity contribution in [2.45, 2.75) is 37.1 Å². The summed E-state index contributed by atoms with van der Waals surface area (Å²) in [5, 5.41) is 3.24. The number of carbonyl (C=O) groups is 1. The molecule has 1 atom stereocenters. The van der Waals surface area contributed by atoms with Gasteiger partial charge >= 0.3 is 0 Å².